The van der Waals surface area contributed by atoms with Gasteiger partial charge >= 0.3 is 0 Å². The Morgan fingerprint density at radius 2 is 1.83 bits per heavy atom. The molecule has 0 saturated heterocycles. The average molecular weight is 349 g/mol. The first-order valence-electron chi connectivity index (χ1n) is 8.09. The van der Waals surface area contributed by atoms with Crippen LogP contribution in [-0.2, 0) is 19.4 Å². The smallest absolute Gasteiger partial charge is 0.235 e. The van der Waals surface area contributed by atoms with E-state index >= 15 is 0 Å². The zero-order chi connectivity index (χ0) is 17.4. The van der Waals surface area contributed by atoms with Gasteiger partial charge in [-0.3, -0.25) is 4.79 Å². The van der Waals surface area contributed by atoms with E-state index in [9.17, 15) is 13.2 Å². The van der Waals surface area contributed by atoms with Gasteiger partial charge in [0.05, 0.1) is 11.5 Å². The number of benzene rings is 2. The largest absolute Gasteiger partial charge is 0.380 e. The number of fused-ring (bicyclic) bond motifs is 1. The minimum Gasteiger partial charge on any atom is -0.380 e. The first kappa shape index (κ1) is 18.4. The lowest BCUT2D eigenvalue weighted by atomic mass is 10.1. The summed E-state index contributed by atoms with van der Waals surface area (Å²) in [5.74, 6) is -1.07. The van der Waals surface area contributed by atoms with Crippen molar-refractivity contribution in [2.24, 2.45) is 0 Å². The monoisotopic (exact) mass is 349 g/mol. The van der Waals surface area contributed by atoms with Gasteiger partial charge < -0.3 is 10.1 Å². The van der Waals surface area contributed by atoms with Crippen LogP contribution in [-0.4, -0.2) is 39.8 Å². The number of sulfone groups is 1. The van der Waals surface area contributed by atoms with E-state index in [1.165, 1.54) is 0 Å². The maximum Gasteiger partial charge on any atom is 0.235 e. The van der Waals surface area contributed by atoms with Crippen molar-refractivity contribution in [1.29, 1.82) is 0 Å². The Bertz CT molecular complexity index is 786. The summed E-state index contributed by atoms with van der Waals surface area (Å²) < 4.78 is 30.1. The van der Waals surface area contributed by atoms with Crippen molar-refractivity contribution in [3.8, 4) is 0 Å². The summed E-state index contributed by atoms with van der Waals surface area (Å²) in [7, 11) is -3.66. The summed E-state index contributed by atoms with van der Waals surface area (Å²) in [6, 6.07) is 12.4. The van der Waals surface area contributed by atoms with Crippen molar-refractivity contribution in [3.05, 3.63) is 42.5 Å². The molecule has 0 saturated carbocycles. The molecule has 0 heterocycles. The number of rotatable bonds is 9. The lowest BCUT2D eigenvalue weighted by molar-refractivity contribution is -0.118. The predicted octanol–water partition coefficient (Wildman–Crippen LogP) is 2.55. The molecule has 5 nitrogen and oxygen atoms in total. The standard InChI is InChI=1S/C18H23NO4S/c1-2-3-11-23-12-10-19-18(20)14-24(21,22)17-9-8-15-6-4-5-7-16(15)13-17/h4-9,13H,2-3,10-12,14H2,1H3,(H,19,20). The molecular weight excluding hydrogens is 326 g/mol. The Hall–Kier alpha value is -1.92. The zero-order valence-electron chi connectivity index (χ0n) is 13.8. The molecule has 0 bridgehead atoms. The molecule has 0 aliphatic carbocycles. The predicted molar refractivity (Wildman–Crippen MR) is 94.7 cm³/mol. The molecule has 0 unspecified atom stereocenters. The van der Waals surface area contributed by atoms with Crippen molar-refractivity contribution in [2.45, 2.75) is 24.7 Å². The molecule has 6 heteroatoms. The highest BCUT2D eigenvalue weighted by atomic mass is 32.2. The molecule has 130 valence electrons. The average Bonchev–Trinajstić information content (AvgIpc) is 2.57. The fourth-order valence-corrected chi connectivity index (χ4v) is 3.47. The maximum absolute atomic E-state index is 12.4. The number of hydrogen-bond acceptors (Lipinski definition) is 4. The van der Waals surface area contributed by atoms with Gasteiger partial charge in [0.2, 0.25) is 5.91 Å². The minimum atomic E-state index is -3.66. The molecule has 2 rings (SSSR count). The van der Waals surface area contributed by atoms with Crippen LogP contribution in [0, 0.1) is 0 Å². The van der Waals surface area contributed by atoms with Crippen LogP contribution in [0.2, 0.25) is 0 Å². The van der Waals surface area contributed by atoms with Crippen molar-refractivity contribution in [3.63, 3.8) is 0 Å². The van der Waals surface area contributed by atoms with Crippen LogP contribution in [0.25, 0.3) is 10.8 Å². The summed E-state index contributed by atoms with van der Waals surface area (Å²) in [6.45, 7) is 3.43. The highest BCUT2D eigenvalue weighted by Crippen LogP contribution is 2.19. The molecule has 1 N–H and O–H groups in total. The zero-order valence-corrected chi connectivity index (χ0v) is 14.6. The molecule has 0 atom stereocenters. The van der Waals surface area contributed by atoms with E-state index in [-0.39, 0.29) is 4.90 Å². The van der Waals surface area contributed by atoms with E-state index in [2.05, 4.69) is 12.2 Å². The lowest BCUT2D eigenvalue weighted by Gasteiger charge is -2.08. The van der Waals surface area contributed by atoms with Crippen LogP contribution < -0.4 is 5.32 Å². The highest BCUT2D eigenvalue weighted by molar-refractivity contribution is 7.92. The van der Waals surface area contributed by atoms with E-state index < -0.39 is 21.5 Å². The molecule has 0 fully saturated rings. The second kappa shape index (κ2) is 8.80. The summed E-state index contributed by atoms with van der Waals surface area (Å²) >= 11 is 0. The van der Waals surface area contributed by atoms with Gasteiger partial charge in [-0.05, 0) is 29.3 Å². The number of hydrogen-bond donors (Lipinski definition) is 1. The molecule has 0 aromatic heterocycles. The summed E-state index contributed by atoms with van der Waals surface area (Å²) in [5.41, 5.74) is 0. The van der Waals surface area contributed by atoms with Crippen molar-refractivity contribution in [2.75, 3.05) is 25.5 Å². The van der Waals surface area contributed by atoms with Gasteiger partial charge in [0.1, 0.15) is 5.75 Å². The Kier molecular flexibility index (Phi) is 6.75. The highest BCUT2D eigenvalue weighted by Gasteiger charge is 2.19. The fourth-order valence-electron chi connectivity index (χ4n) is 2.28. The van der Waals surface area contributed by atoms with Crippen LogP contribution in [0.5, 0.6) is 0 Å². The quantitative estimate of drug-likeness (QED) is 0.706. The molecule has 24 heavy (non-hydrogen) atoms. The molecule has 0 radical (unpaired) electrons. The van der Waals surface area contributed by atoms with E-state index in [4.69, 9.17) is 4.74 Å². The van der Waals surface area contributed by atoms with Crippen LogP contribution in [0.3, 0.4) is 0 Å². The van der Waals surface area contributed by atoms with Gasteiger partial charge in [-0.25, -0.2) is 8.42 Å². The van der Waals surface area contributed by atoms with Gasteiger partial charge in [-0.2, -0.15) is 0 Å². The third kappa shape index (κ3) is 5.32. The summed E-state index contributed by atoms with van der Waals surface area (Å²) in [6.07, 6.45) is 2.03. The van der Waals surface area contributed by atoms with Crippen molar-refractivity contribution in [1.82, 2.24) is 5.32 Å². The Morgan fingerprint density at radius 1 is 1.08 bits per heavy atom. The molecule has 0 aliphatic heterocycles. The first-order chi connectivity index (χ1) is 11.5. The number of carbonyl (C=O) groups is 1. The summed E-state index contributed by atoms with van der Waals surface area (Å²) in [4.78, 5) is 12.0. The van der Waals surface area contributed by atoms with E-state index in [0.29, 0.717) is 19.8 Å². The topological polar surface area (TPSA) is 72.5 Å². The Balaban J connectivity index is 1.90. The molecule has 0 aliphatic rings. The normalized spacial score (nSPS) is 11.5. The molecular formula is C18H23NO4S. The van der Waals surface area contributed by atoms with Gasteiger partial charge in [-0.1, -0.05) is 43.7 Å². The maximum atomic E-state index is 12.4. The third-order valence-electron chi connectivity index (χ3n) is 3.61. The van der Waals surface area contributed by atoms with Crippen LogP contribution in [0.1, 0.15) is 19.8 Å². The molecule has 2 aromatic carbocycles. The van der Waals surface area contributed by atoms with Gasteiger partial charge in [-0.15, -0.1) is 0 Å². The van der Waals surface area contributed by atoms with Crippen LogP contribution in [0.4, 0.5) is 0 Å². The third-order valence-corrected chi connectivity index (χ3v) is 5.23. The SMILES string of the molecule is CCCCOCCNC(=O)CS(=O)(=O)c1ccc2ccccc2c1. The molecule has 1 amide bonds. The second-order valence-electron chi connectivity index (χ2n) is 5.58. The first-order valence-corrected chi connectivity index (χ1v) is 9.74. The van der Waals surface area contributed by atoms with E-state index in [1.807, 2.05) is 24.3 Å². The lowest BCUT2D eigenvalue weighted by Crippen LogP contribution is -2.32. The Morgan fingerprint density at radius 3 is 2.58 bits per heavy atom. The van der Waals surface area contributed by atoms with Crippen molar-refractivity contribution >= 4 is 26.5 Å². The number of nitrogens with one attached hydrogen (secondary N) is 1. The number of amides is 1. The molecule has 2 aromatic rings. The number of carbonyl (C=O) groups excluding carboxylic acids is 1. The van der Waals surface area contributed by atoms with E-state index in [1.54, 1.807) is 18.2 Å². The van der Waals surface area contributed by atoms with Crippen LogP contribution in [0.15, 0.2) is 47.4 Å². The van der Waals surface area contributed by atoms with Crippen LogP contribution >= 0.6 is 0 Å². The van der Waals surface area contributed by atoms with Gasteiger partial charge in [0.15, 0.2) is 9.84 Å². The van der Waals surface area contributed by atoms with Gasteiger partial charge in [0, 0.05) is 13.2 Å². The number of unbranched alkanes of at least 4 members (excludes halogenated alkanes) is 1. The fraction of sp³-hybridized carbons (Fsp3) is 0.389. The second-order valence-corrected chi connectivity index (χ2v) is 7.57. The van der Waals surface area contributed by atoms with Crippen molar-refractivity contribution < 1.29 is 17.9 Å². The number of ether oxygens (including phenoxy) is 1. The Labute approximate surface area is 142 Å². The van der Waals surface area contributed by atoms with E-state index in [0.717, 1.165) is 23.6 Å². The molecule has 0 spiro atoms. The van der Waals surface area contributed by atoms with Gasteiger partial charge in [0.25, 0.3) is 0 Å². The minimum absolute atomic E-state index is 0.163. The summed E-state index contributed by atoms with van der Waals surface area (Å²) in [5, 5.41) is 4.38.